The van der Waals surface area contributed by atoms with E-state index in [0.29, 0.717) is 5.92 Å². The molecule has 0 saturated carbocycles. The van der Waals surface area contributed by atoms with Crippen LogP contribution in [0.4, 0.5) is 5.69 Å². The Labute approximate surface area is 92.6 Å². The minimum Gasteiger partial charge on any atom is -0.496 e. The van der Waals surface area contributed by atoms with Crippen molar-refractivity contribution in [3.05, 3.63) is 23.3 Å². The summed E-state index contributed by atoms with van der Waals surface area (Å²) in [7, 11) is 1.73. The summed E-state index contributed by atoms with van der Waals surface area (Å²) in [6, 6.07) is 4.30. The maximum Gasteiger partial charge on any atom is 0.122 e. The van der Waals surface area contributed by atoms with Crippen molar-refractivity contribution < 1.29 is 4.74 Å². The zero-order valence-corrected chi connectivity index (χ0v) is 10.3. The largest absolute Gasteiger partial charge is 0.496 e. The van der Waals surface area contributed by atoms with Gasteiger partial charge in [0.2, 0.25) is 0 Å². The first-order chi connectivity index (χ1) is 7.10. The maximum atomic E-state index is 5.39. The van der Waals surface area contributed by atoms with Gasteiger partial charge in [0, 0.05) is 12.2 Å². The fourth-order valence-electron chi connectivity index (χ4n) is 1.71. The number of nitrogens with one attached hydrogen (secondary N) is 1. The summed E-state index contributed by atoms with van der Waals surface area (Å²) in [5.74, 6) is 1.47. The molecule has 0 unspecified atom stereocenters. The Hall–Kier alpha value is -1.18. The maximum absolute atomic E-state index is 5.39. The fraction of sp³-hybridized carbons (Fsp3) is 0.538. The quantitative estimate of drug-likeness (QED) is 0.815. The molecule has 0 atom stereocenters. The van der Waals surface area contributed by atoms with Crippen LogP contribution in [0.25, 0.3) is 0 Å². The van der Waals surface area contributed by atoms with Crippen molar-refractivity contribution in [3.63, 3.8) is 0 Å². The van der Waals surface area contributed by atoms with Gasteiger partial charge in [-0.2, -0.15) is 0 Å². The average Bonchev–Trinajstić information content (AvgIpc) is 2.20. The second-order valence-corrected chi connectivity index (χ2v) is 4.09. The van der Waals surface area contributed by atoms with E-state index < -0.39 is 0 Å². The van der Waals surface area contributed by atoms with Gasteiger partial charge in [-0.1, -0.05) is 13.8 Å². The molecule has 2 nitrogen and oxygen atoms in total. The number of hydrogen-bond acceptors (Lipinski definition) is 2. The highest BCUT2D eigenvalue weighted by atomic mass is 16.5. The van der Waals surface area contributed by atoms with Crippen molar-refractivity contribution in [1.82, 2.24) is 0 Å². The molecule has 15 heavy (non-hydrogen) atoms. The molecule has 2 heteroatoms. The van der Waals surface area contributed by atoms with E-state index in [1.165, 1.54) is 16.8 Å². The molecule has 0 spiro atoms. The van der Waals surface area contributed by atoms with E-state index in [2.05, 4.69) is 45.1 Å². The molecule has 84 valence electrons. The number of ether oxygens (including phenoxy) is 1. The second kappa shape index (κ2) is 5.06. The van der Waals surface area contributed by atoms with Crippen LogP contribution in [0.1, 0.15) is 37.8 Å². The Balaban J connectivity index is 3.17. The lowest BCUT2D eigenvalue weighted by Gasteiger charge is -2.16. The highest BCUT2D eigenvalue weighted by Gasteiger charge is 2.10. The Bertz CT molecular complexity index is 332. The van der Waals surface area contributed by atoms with E-state index >= 15 is 0 Å². The van der Waals surface area contributed by atoms with Crippen LogP contribution in [0.15, 0.2) is 12.1 Å². The summed E-state index contributed by atoms with van der Waals surface area (Å²) in [6.45, 7) is 9.53. The van der Waals surface area contributed by atoms with Crippen LogP contribution in [0.2, 0.25) is 0 Å². The standard InChI is InChI=1S/C13H21NO/c1-6-14-12-8-11(9(2)3)13(15-5)7-10(12)4/h7-9,14H,6H2,1-5H3. The fourth-order valence-corrected chi connectivity index (χ4v) is 1.71. The normalized spacial score (nSPS) is 10.5. The summed E-state index contributed by atoms with van der Waals surface area (Å²) >= 11 is 0. The van der Waals surface area contributed by atoms with Gasteiger partial charge in [0.05, 0.1) is 7.11 Å². The Morgan fingerprint density at radius 3 is 2.47 bits per heavy atom. The first-order valence-electron chi connectivity index (χ1n) is 5.52. The molecule has 0 aliphatic carbocycles. The monoisotopic (exact) mass is 207 g/mol. The molecule has 0 aliphatic rings. The molecule has 0 aromatic heterocycles. The molecular weight excluding hydrogens is 186 g/mol. The van der Waals surface area contributed by atoms with E-state index in [9.17, 15) is 0 Å². The third kappa shape index (κ3) is 2.65. The number of methoxy groups -OCH3 is 1. The van der Waals surface area contributed by atoms with Crippen LogP contribution in [0.5, 0.6) is 5.75 Å². The highest BCUT2D eigenvalue weighted by Crippen LogP contribution is 2.31. The summed E-state index contributed by atoms with van der Waals surface area (Å²) in [5, 5.41) is 3.37. The number of aryl methyl sites for hydroxylation is 1. The van der Waals surface area contributed by atoms with Gasteiger partial charge in [0.25, 0.3) is 0 Å². The van der Waals surface area contributed by atoms with E-state index in [4.69, 9.17) is 4.74 Å². The summed E-state index contributed by atoms with van der Waals surface area (Å²) in [4.78, 5) is 0. The first kappa shape index (κ1) is 11.9. The molecular formula is C13H21NO. The van der Waals surface area contributed by atoms with Crippen LogP contribution >= 0.6 is 0 Å². The predicted molar refractivity (Wildman–Crippen MR) is 66.0 cm³/mol. The van der Waals surface area contributed by atoms with Gasteiger partial charge in [-0.25, -0.2) is 0 Å². The summed E-state index contributed by atoms with van der Waals surface area (Å²) < 4.78 is 5.39. The highest BCUT2D eigenvalue weighted by molar-refractivity contribution is 5.58. The van der Waals surface area contributed by atoms with Crippen LogP contribution in [0, 0.1) is 6.92 Å². The minimum atomic E-state index is 0.484. The first-order valence-corrected chi connectivity index (χ1v) is 5.52. The molecule has 1 aromatic rings. The van der Waals surface area contributed by atoms with Crippen molar-refractivity contribution in [2.45, 2.75) is 33.6 Å². The van der Waals surface area contributed by atoms with E-state index in [0.717, 1.165) is 12.3 Å². The van der Waals surface area contributed by atoms with Crippen molar-refractivity contribution in [2.24, 2.45) is 0 Å². The number of rotatable bonds is 4. The van der Waals surface area contributed by atoms with Crippen molar-refractivity contribution in [1.29, 1.82) is 0 Å². The van der Waals surface area contributed by atoms with E-state index in [-0.39, 0.29) is 0 Å². The van der Waals surface area contributed by atoms with Crippen LogP contribution in [-0.4, -0.2) is 13.7 Å². The average molecular weight is 207 g/mol. The van der Waals surface area contributed by atoms with Gasteiger partial charge in [0.1, 0.15) is 5.75 Å². The number of anilines is 1. The minimum absolute atomic E-state index is 0.484. The van der Waals surface area contributed by atoms with Gasteiger partial charge in [-0.3, -0.25) is 0 Å². The SMILES string of the molecule is CCNc1cc(C(C)C)c(OC)cc1C. The zero-order valence-electron chi connectivity index (χ0n) is 10.3. The molecule has 1 rings (SSSR count). The topological polar surface area (TPSA) is 21.3 Å². The van der Waals surface area contributed by atoms with Gasteiger partial charge < -0.3 is 10.1 Å². The predicted octanol–water partition coefficient (Wildman–Crippen LogP) is 3.56. The van der Waals surface area contributed by atoms with E-state index in [1.54, 1.807) is 7.11 Å². The molecule has 0 bridgehead atoms. The van der Waals surface area contributed by atoms with Gasteiger partial charge in [-0.05, 0) is 43.0 Å². The van der Waals surface area contributed by atoms with Gasteiger partial charge in [0.15, 0.2) is 0 Å². The lowest BCUT2D eigenvalue weighted by atomic mass is 9.99. The summed E-state index contributed by atoms with van der Waals surface area (Å²) in [6.07, 6.45) is 0. The van der Waals surface area contributed by atoms with Crippen molar-refractivity contribution in [3.8, 4) is 5.75 Å². The van der Waals surface area contributed by atoms with Crippen LogP contribution in [0.3, 0.4) is 0 Å². The number of benzene rings is 1. The molecule has 0 saturated heterocycles. The lowest BCUT2D eigenvalue weighted by molar-refractivity contribution is 0.407. The molecule has 1 N–H and O–H groups in total. The summed E-state index contributed by atoms with van der Waals surface area (Å²) in [5.41, 5.74) is 3.71. The van der Waals surface area contributed by atoms with Crippen molar-refractivity contribution in [2.75, 3.05) is 19.0 Å². The van der Waals surface area contributed by atoms with Gasteiger partial charge >= 0.3 is 0 Å². The second-order valence-electron chi connectivity index (χ2n) is 4.09. The van der Waals surface area contributed by atoms with Crippen LogP contribution < -0.4 is 10.1 Å². The lowest BCUT2D eigenvalue weighted by Crippen LogP contribution is -2.02. The molecule has 0 heterocycles. The van der Waals surface area contributed by atoms with Crippen LogP contribution in [-0.2, 0) is 0 Å². The molecule has 0 radical (unpaired) electrons. The van der Waals surface area contributed by atoms with E-state index in [1.807, 2.05) is 0 Å². The third-order valence-corrected chi connectivity index (χ3v) is 2.57. The third-order valence-electron chi connectivity index (χ3n) is 2.57. The zero-order chi connectivity index (χ0) is 11.4. The number of hydrogen-bond donors (Lipinski definition) is 1. The molecule has 0 fully saturated rings. The smallest absolute Gasteiger partial charge is 0.122 e. The Morgan fingerprint density at radius 2 is 2.00 bits per heavy atom. The Kier molecular flexibility index (Phi) is 4.01. The van der Waals surface area contributed by atoms with Crippen molar-refractivity contribution >= 4 is 5.69 Å². The molecule has 0 aliphatic heterocycles. The Morgan fingerprint density at radius 1 is 1.33 bits per heavy atom. The molecule has 1 aromatic carbocycles. The molecule has 0 amide bonds. The van der Waals surface area contributed by atoms with Gasteiger partial charge in [-0.15, -0.1) is 0 Å².